The van der Waals surface area contributed by atoms with Crippen LogP contribution < -0.4 is 39.4 Å². The van der Waals surface area contributed by atoms with Crippen LogP contribution in [0.4, 0.5) is 0 Å². The molecule has 3 aliphatic heterocycles. The van der Waals surface area contributed by atoms with E-state index in [1.54, 1.807) is 18.2 Å². The average molecular weight is 729 g/mol. The van der Waals surface area contributed by atoms with Crippen molar-refractivity contribution in [2.45, 2.75) is 19.8 Å². The highest BCUT2D eigenvalue weighted by atomic mass is 32.1. The molecular formula is C38H44N6O7S. The number of nitrogens with zero attached hydrogens (tertiary/aromatic N) is 5. The molecule has 0 unspecified atom stereocenters. The van der Waals surface area contributed by atoms with Gasteiger partial charge in [-0.1, -0.05) is 12.1 Å². The largest absolute Gasteiger partial charge is 0.490 e. The number of rotatable bonds is 14. The fraction of sp³-hybridized carbons (Fsp3) is 0.447. The fourth-order valence-corrected chi connectivity index (χ4v) is 7.58. The predicted molar refractivity (Wildman–Crippen MR) is 197 cm³/mol. The maximum atomic E-state index is 13.8. The Kier molecular flexibility index (Phi) is 12.5. The summed E-state index contributed by atoms with van der Waals surface area (Å²) in [5, 5.41) is 20.9. The first-order chi connectivity index (χ1) is 25.4. The topological polar surface area (TPSA) is 157 Å². The van der Waals surface area contributed by atoms with Crippen molar-refractivity contribution in [3.8, 4) is 35.1 Å². The van der Waals surface area contributed by atoms with E-state index in [0.29, 0.717) is 83.0 Å². The quantitative estimate of drug-likeness (QED) is 0.258. The lowest BCUT2D eigenvalue weighted by Gasteiger charge is -2.26. The molecule has 0 bridgehead atoms. The van der Waals surface area contributed by atoms with Gasteiger partial charge in [-0.2, -0.15) is 10.5 Å². The van der Waals surface area contributed by atoms with Gasteiger partial charge >= 0.3 is 0 Å². The van der Waals surface area contributed by atoms with Crippen LogP contribution in [0, 0.1) is 22.7 Å². The standard InChI is InChI=1S/C38H44N6O7S/c1-3-48-32-21-26(5-7-30(32)50-19-13-42-9-15-46-16-10-42)22-34-37(45)44-36(41)28(24-39)35(29(25-40)38(44)52-34)27-6-8-31(33(23-27)49-4-2)51-20-14-43-11-17-47-18-12-43/h5-8,21-23,35H,3-4,9-20,41H2,1-2H3/b34-22-/t35-/m1/s1. The van der Waals surface area contributed by atoms with Crippen LogP contribution in [0.5, 0.6) is 23.0 Å². The van der Waals surface area contributed by atoms with E-state index in [-0.39, 0.29) is 17.0 Å². The maximum Gasteiger partial charge on any atom is 0.274 e. The van der Waals surface area contributed by atoms with Gasteiger partial charge in [-0.25, -0.2) is 0 Å². The molecule has 2 N–H and O–H groups in total. The summed E-state index contributed by atoms with van der Waals surface area (Å²) in [6.45, 7) is 13.4. The first-order valence-electron chi connectivity index (χ1n) is 17.6. The summed E-state index contributed by atoms with van der Waals surface area (Å²) in [5.74, 6) is 1.42. The lowest BCUT2D eigenvalue weighted by Crippen LogP contribution is -2.38. The number of morpholine rings is 2. The molecule has 0 aliphatic carbocycles. The van der Waals surface area contributed by atoms with E-state index in [9.17, 15) is 15.3 Å². The van der Waals surface area contributed by atoms with E-state index in [0.717, 1.165) is 63.8 Å². The number of hydrogen-bond donors (Lipinski definition) is 1. The van der Waals surface area contributed by atoms with Crippen LogP contribution >= 0.6 is 11.3 Å². The lowest BCUT2D eigenvalue weighted by atomic mass is 9.84. The minimum atomic E-state index is -0.805. The molecule has 4 heterocycles. The van der Waals surface area contributed by atoms with Crippen molar-refractivity contribution in [3.05, 3.63) is 72.6 Å². The van der Waals surface area contributed by atoms with E-state index in [1.165, 1.54) is 4.57 Å². The SMILES string of the molecule is CCOc1cc(/C=c2\sc3n(c2=O)C(N)=C(C#N)[C@@H](c2ccc(OCCN4CCOCC4)c(OCC)c2)C=3C#N)ccc1OCCN1CCOCC1. The molecule has 0 radical (unpaired) electrons. The minimum absolute atomic E-state index is 0.00906. The molecule has 3 aromatic rings. The van der Waals surface area contributed by atoms with E-state index >= 15 is 0 Å². The lowest BCUT2D eigenvalue weighted by molar-refractivity contribution is 0.0320. The Labute approximate surface area is 306 Å². The highest BCUT2D eigenvalue weighted by Gasteiger charge is 2.33. The van der Waals surface area contributed by atoms with Gasteiger partial charge in [-0.05, 0) is 55.3 Å². The van der Waals surface area contributed by atoms with Crippen molar-refractivity contribution in [2.75, 3.05) is 92.1 Å². The molecule has 0 spiro atoms. The molecule has 2 fully saturated rings. The average Bonchev–Trinajstić information content (AvgIpc) is 3.49. The molecule has 0 saturated carbocycles. The van der Waals surface area contributed by atoms with Crippen molar-refractivity contribution >= 4 is 28.8 Å². The summed E-state index contributed by atoms with van der Waals surface area (Å²) in [4.78, 5) is 18.4. The molecule has 6 rings (SSSR count). The fourth-order valence-electron chi connectivity index (χ4n) is 6.45. The van der Waals surface area contributed by atoms with Crippen LogP contribution in [0.1, 0.15) is 30.9 Å². The number of benzene rings is 2. The van der Waals surface area contributed by atoms with Crippen molar-refractivity contribution in [3.63, 3.8) is 0 Å². The summed E-state index contributed by atoms with van der Waals surface area (Å²) in [5.41, 5.74) is 7.85. The Morgan fingerprint density at radius 1 is 0.808 bits per heavy atom. The molecule has 3 aliphatic rings. The van der Waals surface area contributed by atoms with Gasteiger partial charge in [-0.3, -0.25) is 19.2 Å². The summed E-state index contributed by atoms with van der Waals surface area (Å²) < 4.78 is 36.9. The summed E-state index contributed by atoms with van der Waals surface area (Å²) >= 11 is 1.15. The summed E-state index contributed by atoms with van der Waals surface area (Å²) in [7, 11) is 0. The number of nitriles is 2. The Hall–Kier alpha value is -4.83. The van der Waals surface area contributed by atoms with Gasteiger partial charge in [0.1, 0.15) is 23.7 Å². The first kappa shape index (κ1) is 36.9. The van der Waals surface area contributed by atoms with Crippen molar-refractivity contribution in [1.82, 2.24) is 14.4 Å². The van der Waals surface area contributed by atoms with Crippen LogP contribution in [0.15, 0.2) is 46.8 Å². The molecule has 13 nitrogen and oxygen atoms in total. The van der Waals surface area contributed by atoms with Crippen molar-refractivity contribution < 1.29 is 28.4 Å². The van der Waals surface area contributed by atoms with E-state index in [4.69, 9.17) is 34.2 Å². The third-order valence-electron chi connectivity index (χ3n) is 9.09. The van der Waals surface area contributed by atoms with Gasteiger partial charge in [0.25, 0.3) is 5.56 Å². The van der Waals surface area contributed by atoms with Crippen LogP contribution in [-0.4, -0.2) is 106 Å². The highest BCUT2D eigenvalue weighted by molar-refractivity contribution is 7.07. The summed E-state index contributed by atoms with van der Waals surface area (Å²) in [6.07, 6.45) is 1.73. The second-order valence-electron chi connectivity index (χ2n) is 12.3. The van der Waals surface area contributed by atoms with E-state index < -0.39 is 11.5 Å². The minimum Gasteiger partial charge on any atom is -0.490 e. The zero-order valence-corrected chi connectivity index (χ0v) is 30.4. The molecule has 274 valence electrons. The normalized spacial score (nSPS) is 18.4. The predicted octanol–water partition coefficient (Wildman–Crippen LogP) is 2.08. The third-order valence-corrected chi connectivity index (χ3v) is 10.2. The Bertz CT molecular complexity index is 2030. The van der Waals surface area contributed by atoms with Gasteiger partial charge < -0.3 is 34.2 Å². The summed E-state index contributed by atoms with van der Waals surface area (Å²) in [6, 6.07) is 15.4. The second kappa shape index (κ2) is 17.6. The molecule has 1 aromatic heterocycles. The van der Waals surface area contributed by atoms with Gasteiger partial charge in [0.05, 0.1) is 73.4 Å². The smallest absolute Gasteiger partial charge is 0.274 e. The number of fused-ring (bicyclic) bond motifs is 1. The number of hydrogen-bond acceptors (Lipinski definition) is 13. The second-order valence-corrected chi connectivity index (χ2v) is 13.3. The van der Waals surface area contributed by atoms with Crippen LogP contribution in [0.3, 0.4) is 0 Å². The number of aromatic nitrogens is 1. The molecule has 14 heteroatoms. The van der Waals surface area contributed by atoms with Gasteiger partial charge in [-0.15, -0.1) is 11.3 Å². The van der Waals surface area contributed by atoms with Gasteiger partial charge in [0, 0.05) is 39.3 Å². The zero-order chi connectivity index (χ0) is 36.5. The van der Waals surface area contributed by atoms with Crippen LogP contribution in [0.25, 0.3) is 17.5 Å². The van der Waals surface area contributed by atoms with E-state index in [1.807, 2.05) is 38.1 Å². The molecule has 2 saturated heterocycles. The first-order valence-corrected chi connectivity index (χ1v) is 18.4. The van der Waals surface area contributed by atoms with Crippen LogP contribution in [0.2, 0.25) is 0 Å². The third kappa shape index (κ3) is 8.28. The molecule has 1 atom stereocenters. The molecule has 0 amide bonds. The molecule has 2 aromatic carbocycles. The molecule has 52 heavy (non-hydrogen) atoms. The van der Waals surface area contributed by atoms with E-state index in [2.05, 4.69) is 21.9 Å². The van der Waals surface area contributed by atoms with Gasteiger partial charge in [0.15, 0.2) is 23.0 Å². The number of allylic oxidation sites excluding steroid dienone is 1. The highest BCUT2D eigenvalue weighted by Crippen LogP contribution is 2.39. The van der Waals surface area contributed by atoms with Crippen LogP contribution in [-0.2, 0) is 9.47 Å². The zero-order valence-electron chi connectivity index (χ0n) is 29.6. The van der Waals surface area contributed by atoms with Crippen molar-refractivity contribution in [2.24, 2.45) is 5.73 Å². The van der Waals surface area contributed by atoms with Crippen molar-refractivity contribution in [1.29, 1.82) is 10.5 Å². The number of nitrogens with two attached hydrogens (primary N) is 1. The number of ether oxygens (including phenoxy) is 6. The maximum absolute atomic E-state index is 13.8. The van der Waals surface area contributed by atoms with Gasteiger partial charge in [0.2, 0.25) is 0 Å². The molecular weight excluding hydrogens is 685 g/mol. The Balaban J connectivity index is 1.30. The number of thiazole rings is 1. The monoisotopic (exact) mass is 728 g/mol. The Morgan fingerprint density at radius 3 is 1.92 bits per heavy atom. The Morgan fingerprint density at radius 2 is 1.37 bits per heavy atom.